The lowest BCUT2D eigenvalue weighted by Gasteiger charge is -2.26. The molecule has 0 saturated heterocycles. The van der Waals surface area contributed by atoms with E-state index in [-0.39, 0.29) is 16.3 Å². The van der Waals surface area contributed by atoms with E-state index in [0.29, 0.717) is 5.75 Å². The van der Waals surface area contributed by atoms with Crippen molar-refractivity contribution in [2.24, 2.45) is 0 Å². The second-order valence-electron chi connectivity index (χ2n) is 7.06. The molecular weight excluding hydrogens is 419 g/mol. The van der Waals surface area contributed by atoms with Gasteiger partial charge in [0.2, 0.25) is 5.91 Å². The van der Waals surface area contributed by atoms with Crippen LogP contribution in [0.5, 0.6) is 5.75 Å². The zero-order valence-corrected chi connectivity index (χ0v) is 18.2. The number of amides is 1. The van der Waals surface area contributed by atoms with E-state index in [0.717, 1.165) is 21.5 Å². The summed E-state index contributed by atoms with van der Waals surface area (Å²) in [5.74, 6) is -0.827. The summed E-state index contributed by atoms with van der Waals surface area (Å²) in [6.45, 7) is 3.14. The molecule has 31 heavy (non-hydrogen) atoms. The summed E-state index contributed by atoms with van der Waals surface area (Å²) in [4.78, 5) is 12.8. The monoisotopic (exact) mass is 442 g/mol. The molecule has 0 heterocycles. The molecule has 1 amide bonds. The van der Waals surface area contributed by atoms with Crippen LogP contribution in [0, 0.1) is 19.7 Å². The Labute approximate surface area is 181 Å². The first kappa shape index (κ1) is 22.3. The Morgan fingerprint density at radius 2 is 1.68 bits per heavy atom. The van der Waals surface area contributed by atoms with Crippen LogP contribution in [0.1, 0.15) is 11.1 Å². The van der Waals surface area contributed by atoms with Crippen LogP contribution in [0.15, 0.2) is 71.6 Å². The number of halogens is 1. The molecule has 0 aliphatic heterocycles. The van der Waals surface area contributed by atoms with Crippen LogP contribution in [0.4, 0.5) is 15.8 Å². The minimum Gasteiger partial charge on any atom is -0.495 e. The number of hydrogen-bond acceptors (Lipinski definition) is 4. The Hall–Kier alpha value is -3.39. The third kappa shape index (κ3) is 5.21. The van der Waals surface area contributed by atoms with Crippen LogP contribution in [0.25, 0.3) is 0 Å². The Kier molecular flexibility index (Phi) is 6.60. The highest BCUT2D eigenvalue weighted by Crippen LogP contribution is 2.33. The number of aryl methyl sites for hydroxylation is 2. The van der Waals surface area contributed by atoms with Crippen molar-refractivity contribution in [1.82, 2.24) is 0 Å². The SMILES string of the molecule is COc1ccc(C)cc1N(CC(=O)Nc1cccc(F)c1)S(=O)(=O)c1ccc(C)cc1. The van der Waals surface area contributed by atoms with E-state index < -0.39 is 28.3 Å². The zero-order chi connectivity index (χ0) is 22.6. The molecule has 0 saturated carbocycles. The highest BCUT2D eigenvalue weighted by Gasteiger charge is 2.29. The smallest absolute Gasteiger partial charge is 0.264 e. The Bertz CT molecular complexity index is 1190. The van der Waals surface area contributed by atoms with E-state index in [1.807, 2.05) is 13.8 Å². The molecule has 0 aliphatic carbocycles. The molecule has 0 atom stereocenters. The van der Waals surface area contributed by atoms with Crippen molar-refractivity contribution >= 4 is 27.3 Å². The van der Waals surface area contributed by atoms with Crippen LogP contribution in [-0.2, 0) is 14.8 Å². The maximum Gasteiger partial charge on any atom is 0.264 e. The van der Waals surface area contributed by atoms with E-state index in [1.54, 1.807) is 30.3 Å². The summed E-state index contributed by atoms with van der Waals surface area (Å²) < 4.78 is 46.8. The van der Waals surface area contributed by atoms with E-state index >= 15 is 0 Å². The predicted molar refractivity (Wildman–Crippen MR) is 118 cm³/mol. The first-order chi connectivity index (χ1) is 14.7. The summed E-state index contributed by atoms with van der Waals surface area (Å²) in [6, 6.07) is 16.8. The van der Waals surface area contributed by atoms with Gasteiger partial charge in [0, 0.05) is 5.69 Å². The molecule has 0 radical (unpaired) electrons. The number of methoxy groups -OCH3 is 1. The molecule has 3 aromatic carbocycles. The van der Waals surface area contributed by atoms with Gasteiger partial charge in [-0.15, -0.1) is 0 Å². The number of carbonyl (C=O) groups is 1. The number of nitrogens with one attached hydrogen (secondary N) is 1. The second kappa shape index (κ2) is 9.18. The molecular formula is C23H23FN2O4S. The highest BCUT2D eigenvalue weighted by molar-refractivity contribution is 7.92. The second-order valence-corrected chi connectivity index (χ2v) is 8.92. The largest absolute Gasteiger partial charge is 0.495 e. The third-order valence-corrected chi connectivity index (χ3v) is 6.38. The normalized spacial score (nSPS) is 11.1. The van der Waals surface area contributed by atoms with Crippen LogP contribution in [-0.4, -0.2) is 28.0 Å². The lowest BCUT2D eigenvalue weighted by atomic mass is 10.2. The van der Waals surface area contributed by atoms with Crippen LogP contribution < -0.4 is 14.4 Å². The lowest BCUT2D eigenvalue weighted by Crippen LogP contribution is -2.38. The standard InChI is InChI=1S/C23H23FN2O4S/c1-16-7-10-20(11-8-16)31(28,29)26(21-13-17(2)9-12-22(21)30-3)15-23(27)25-19-6-4-5-18(24)14-19/h4-14H,15H2,1-3H3,(H,25,27). The van der Waals surface area contributed by atoms with Gasteiger partial charge in [0.1, 0.15) is 18.1 Å². The fourth-order valence-electron chi connectivity index (χ4n) is 3.03. The molecule has 0 unspecified atom stereocenters. The molecule has 0 bridgehead atoms. The molecule has 162 valence electrons. The van der Waals surface area contributed by atoms with Crippen molar-refractivity contribution in [3.8, 4) is 5.75 Å². The number of anilines is 2. The Morgan fingerprint density at radius 1 is 1.00 bits per heavy atom. The van der Waals surface area contributed by atoms with Gasteiger partial charge in [-0.3, -0.25) is 9.10 Å². The number of hydrogen-bond donors (Lipinski definition) is 1. The molecule has 1 N–H and O–H groups in total. The summed E-state index contributed by atoms with van der Waals surface area (Å²) in [6.07, 6.45) is 0. The van der Waals surface area contributed by atoms with Crippen molar-refractivity contribution in [2.45, 2.75) is 18.7 Å². The summed E-state index contributed by atoms with van der Waals surface area (Å²) in [7, 11) is -2.67. The first-order valence-corrected chi connectivity index (χ1v) is 10.9. The zero-order valence-electron chi connectivity index (χ0n) is 17.4. The quantitative estimate of drug-likeness (QED) is 0.592. The van der Waals surface area contributed by atoms with Gasteiger partial charge in [-0.1, -0.05) is 29.8 Å². The number of sulfonamides is 1. The lowest BCUT2D eigenvalue weighted by molar-refractivity contribution is -0.114. The van der Waals surface area contributed by atoms with Crippen LogP contribution in [0.2, 0.25) is 0 Å². The number of carbonyl (C=O) groups excluding carboxylic acids is 1. The van der Waals surface area contributed by atoms with Crippen molar-refractivity contribution < 1.29 is 22.3 Å². The Morgan fingerprint density at radius 3 is 2.32 bits per heavy atom. The molecule has 3 aromatic rings. The van der Waals surface area contributed by atoms with Gasteiger partial charge < -0.3 is 10.1 Å². The number of benzene rings is 3. The molecule has 6 nitrogen and oxygen atoms in total. The summed E-state index contributed by atoms with van der Waals surface area (Å²) in [5.41, 5.74) is 2.17. The van der Waals surface area contributed by atoms with Gasteiger partial charge in [0.15, 0.2) is 0 Å². The fourth-order valence-corrected chi connectivity index (χ4v) is 4.45. The van der Waals surface area contributed by atoms with Gasteiger partial charge in [0.25, 0.3) is 10.0 Å². The summed E-state index contributed by atoms with van der Waals surface area (Å²) >= 11 is 0. The van der Waals surface area contributed by atoms with Crippen LogP contribution >= 0.6 is 0 Å². The number of rotatable bonds is 7. The van der Waals surface area contributed by atoms with Crippen molar-refractivity contribution in [3.63, 3.8) is 0 Å². The Balaban J connectivity index is 2.03. The van der Waals surface area contributed by atoms with Gasteiger partial charge >= 0.3 is 0 Å². The van der Waals surface area contributed by atoms with Crippen molar-refractivity contribution in [3.05, 3.63) is 83.7 Å². The topological polar surface area (TPSA) is 75.7 Å². The molecule has 0 aliphatic rings. The molecule has 0 aromatic heterocycles. The molecule has 0 spiro atoms. The van der Waals surface area contributed by atoms with E-state index in [9.17, 15) is 17.6 Å². The molecule has 3 rings (SSSR count). The van der Waals surface area contributed by atoms with Gasteiger partial charge in [-0.25, -0.2) is 12.8 Å². The average molecular weight is 443 g/mol. The predicted octanol–water partition coefficient (Wildman–Crippen LogP) is 4.29. The minimum atomic E-state index is -4.10. The van der Waals surface area contributed by atoms with E-state index in [2.05, 4.69) is 5.32 Å². The van der Waals surface area contributed by atoms with E-state index in [1.165, 1.54) is 37.4 Å². The molecule has 8 heteroatoms. The van der Waals surface area contributed by atoms with Gasteiger partial charge in [0.05, 0.1) is 17.7 Å². The minimum absolute atomic E-state index is 0.0419. The third-order valence-electron chi connectivity index (χ3n) is 4.61. The van der Waals surface area contributed by atoms with Gasteiger partial charge in [-0.2, -0.15) is 0 Å². The maximum absolute atomic E-state index is 13.5. The van der Waals surface area contributed by atoms with Gasteiger partial charge in [-0.05, 0) is 61.9 Å². The maximum atomic E-state index is 13.5. The average Bonchev–Trinajstić information content (AvgIpc) is 2.72. The first-order valence-electron chi connectivity index (χ1n) is 9.50. The van der Waals surface area contributed by atoms with E-state index in [4.69, 9.17) is 4.74 Å². The summed E-state index contributed by atoms with van der Waals surface area (Å²) in [5, 5.41) is 2.54. The number of ether oxygens (including phenoxy) is 1. The van der Waals surface area contributed by atoms with Crippen molar-refractivity contribution in [2.75, 3.05) is 23.3 Å². The van der Waals surface area contributed by atoms with Crippen molar-refractivity contribution in [1.29, 1.82) is 0 Å². The number of nitrogens with zero attached hydrogens (tertiary/aromatic N) is 1. The molecule has 0 fully saturated rings. The fraction of sp³-hybridized carbons (Fsp3) is 0.174. The van der Waals surface area contributed by atoms with Crippen LogP contribution in [0.3, 0.4) is 0 Å². The highest BCUT2D eigenvalue weighted by atomic mass is 32.2.